The first kappa shape index (κ1) is 70.9. The van der Waals surface area contributed by atoms with E-state index in [1.807, 2.05) is 6.92 Å². The summed E-state index contributed by atoms with van der Waals surface area (Å²) in [7, 11) is 0. The van der Waals surface area contributed by atoms with Crippen molar-refractivity contribution in [3.63, 3.8) is 0 Å². The lowest BCUT2D eigenvalue weighted by Gasteiger charge is -2.72. The smallest absolute Gasteiger partial charge is 0.317 e. The minimum atomic E-state index is -2.17. The number of aliphatic hydroxyl groups is 19. The van der Waals surface area contributed by atoms with Gasteiger partial charge in [-0.2, -0.15) is 0 Å². The van der Waals surface area contributed by atoms with Gasteiger partial charge in [0.05, 0.1) is 51.8 Å². The van der Waals surface area contributed by atoms with Crippen molar-refractivity contribution in [3.05, 3.63) is 11.6 Å². The summed E-state index contributed by atoms with van der Waals surface area (Å²) in [6.07, 6.45) is -42.5. The molecular formula is C60H98O30. The number of rotatable bonds is 16. The second-order valence-electron chi connectivity index (χ2n) is 29.0. The Morgan fingerprint density at radius 1 is 0.467 bits per heavy atom. The maximum atomic E-state index is 14.9. The van der Waals surface area contributed by atoms with Gasteiger partial charge in [-0.05, 0) is 97.2 Å². The molecule has 4 saturated carbocycles. The van der Waals surface area contributed by atoms with E-state index in [0.29, 0.717) is 38.5 Å². The Balaban J connectivity index is 0.948. The fourth-order valence-electron chi connectivity index (χ4n) is 18.1. The quantitative estimate of drug-likeness (QED) is 0.0388. The Bertz CT molecular complexity index is 2490. The largest absolute Gasteiger partial charge is 0.432 e. The van der Waals surface area contributed by atoms with Crippen LogP contribution in [0, 0.1) is 50.2 Å². The molecule has 30 nitrogen and oxygen atoms in total. The van der Waals surface area contributed by atoms with Gasteiger partial charge in [-0.3, -0.25) is 4.79 Å². The Morgan fingerprint density at radius 2 is 0.922 bits per heavy atom. The number of ether oxygens (including phenoxy) is 10. The molecule has 19 N–H and O–H groups in total. The van der Waals surface area contributed by atoms with Gasteiger partial charge in [0.2, 0.25) is 6.29 Å². The molecule has 0 aromatic carbocycles. The van der Waals surface area contributed by atoms with E-state index in [2.05, 4.69) is 40.7 Å². The summed E-state index contributed by atoms with van der Waals surface area (Å²) in [5, 5.41) is 208. The van der Waals surface area contributed by atoms with Crippen molar-refractivity contribution in [3.8, 4) is 0 Å². The summed E-state index contributed by atoms with van der Waals surface area (Å²) >= 11 is 0. The number of hydrogen-bond acceptors (Lipinski definition) is 30. The molecular weight excluding hydrogens is 1200 g/mol. The number of fused-ring (bicyclic) bond motifs is 7. The second-order valence-corrected chi connectivity index (χ2v) is 29.0. The maximum absolute atomic E-state index is 14.9. The highest BCUT2D eigenvalue weighted by atomic mass is 16.8. The van der Waals surface area contributed by atoms with Crippen LogP contribution in [0.25, 0.3) is 0 Å². The number of allylic oxidation sites excluding steroid dienone is 2. The molecule has 518 valence electrons. The van der Waals surface area contributed by atoms with Gasteiger partial charge < -0.3 is 144 Å². The first-order chi connectivity index (χ1) is 42.3. The van der Waals surface area contributed by atoms with Crippen LogP contribution in [-0.2, 0) is 52.2 Å². The number of aliphatic hydroxyl groups excluding tert-OH is 19. The van der Waals surface area contributed by atoms with E-state index in [4.69, 9.17) is 47.4 Å². The Labute approximate surface area is 520 Å². The van der Waals surface area contributed by atoms with Crippen LogP contribution in [-0.4, -0.2) is 308 Å². The van der Waals surface area contributed by atoms with Gasteiger partial charge in [0.1, 0.15) is 127 Å². The van der Waals surface area contributed by atoms with Crippen molar-refractivity contribution in [2.45, 2.75) is 265 Å². The zero-order chi connectivity index (χ0) is 65.9. The van der Waals surface area contributed by atoms with Crippen molar-refractivity contribution in [2.75, 3.05) is 39.6 Å². The highest BCUT2D eigenvalue weighted by molar-refractivity contribution is 5.80. The number of hydrogen-bond donors (Lipinski definition) is 19. The van der Waals surface area contributed by atoms with Crippen LogP contribution < -0.4 is 0 Å². The van der Waals surface area contributed by atoms with E-state index in [9.17, 15) is 102 Å². The second kappa shape index (κ2) is 26.5. The third-order valence-corrected chi connectivity index (χ3v) is 23.7. The number of esters is 1. The van der Waals surface area contributed by atoms with E-state index >= 15 is 0 Å². The van der Waals surface area contributed by atoms with Crippen LogP contribution in [0.15, 0.2) is 11.6 Å². The van der Waals surface area contributed by atoms with Crippen LogP contribution >= 0.6 is 0 Å². The SMILES string of the molecule is CC1(C)CCC2(C(=O)O[C@@H]3O[C@H](CO)[C@@H](O)[C@H](O)[C@H]3O)C(C1)C1=CCC3C4(C)CCC(O[C@@H]5O[C@H](CO)[C@@H](O)[C@H](O[C@@H]6O[C@H](CO)[C@@H](O)[C@H](O[C@@H]7O[C@H](CO)[C@@H](O)[C@H](O)[C@H]7O)[C@H]6O)[C@H]5O[C@@H]5O[C@H](CO)[C@@H](O)[C@H](O)[C@H]5O)[C@@](C)(CO)C4CCC3(C)[C@]1(C)C[C@H]2O. The van der Waals surface area contributed by atoms with Gasteiger partial charge in [0.25, 0.3) is 0 Å². The molecule has 10 aliphatic rings. The minimum absolute atomic E-state index is 0.113. The zero-order valence-electron chi connectivity index (χ0n) is 51.5. The molecule has 5 aliphatic heterocycles. The van der Waals surface area contributed by atoms with Crippen molar-refractivity contribution < 1.29 is 149 Å². The van der Waals surface area contributed by atoms with Gasteiger partial charge in [0, 0.05) is 5.41 Å². The van der Waals surface area contributed by atoms with Crippen LogP contribution in [0.4, 0.5) is 0 Å². The van der Waals surface area contributed by atoms with Gasteiger partial charge in [-0.1, -0.05) is 53.2 Å². The molecule has 9 fully saturated rings. The summed E-state index contributed by atoms with van der Waals surface area (Å²) < 4.78 is 60.4. The molecule has 30 heteroatoms. The van der Waals surface area contributed by atoms with Crippen molar-refractivity contribution >= 4 is 5.97 Å². The average molecular weight is 1300 g/mol. The van der Waals surface area contributed by atoms with Crippen molar-refractivity contribution in [1.29, 1.82) is 0 Å². The fraction of sp³-hybridized carbons (Fsp3) is 0.950. The predicted molar refractivity (Wildman–Crippen MR) is 298 cm³/mol. The molecule has 0 spiro atoms. The van der Waals surface area contributed by atoms with Crippen LogP contribution in [0.3, 0.4) is 0 Å². The monoisotopic (exact) mass is 1300 g/mol. The minimum Gasteiger partial charge on any atom is -0.432 e. The molecule has 0 aromatic heterocycles. The van der Waals surface area contributed by atoms with Crippen LogP contribution in [0.2, 0.25) is 0 Å². The first-order valence-electron chi connectivity index (χ1n) is 31.6. The first-order valence-corrected chi connectivity index (χ1v) is 31.6. The van der Waals surface area contributed by atoms with Gasteiger partial charge >= 0.3 is 5.97 Å². The summed E-state index contributed by atoms with van der Waals surface area (Å²) in [5.74, 6) is -1.81. The lowest BCUT2D eigenvalue weighted by atomic mass is 9.33. The Morgan fingerprint density at radius 3 is 1.44 bits per heavy atom. The number of carbonyl (C=O) groups excluding carboxylic acids is 1. The van der Waals surface area contributed by atoms with Crippen LogP contribution in [0.1, 0.15) is 99.3 Å². The van der Waals surface area contributed by atoms with Crippen LogP contribution in [0.5, 0.6) is 0 Å². The summed E-state index contributed by atoms with van der Waals surface area (Å²) in [6, 6.07) is 0. The van der Waals surface area contributed by atoms with Gasteiger partial charge in [0.15, 0.2) is 25.2 Å². The van der Waals surface area contributed by atoms with Crippen molar-refractivity contribution in [1.82, 2.24) is 0 Å². The van der Waals surface area contributed by atoms with Gasteiger partial charge in [-0.25, -0.2) is 0 Å². The molecule has 5 heterocycles. The summed E-state index contributed by atoms with van der Waals surface area (Å²) in [6.45, 7) is 7.77. The molecule has 10 rings (SSSR count). The molecule has 7 unspecified atom stereocenters. The maximum Gasteiger partial charge on any atom is 0.317 e. The molecule has 5 saturated heterocycles. The molecule has 0 amide bonds. The molecule has 0 aromatic rings. The van der Waals surface area contributed by atoms with E-state index in [0.717, 1.165) is 5.57 Å². The molecule has 0 bridgehead atoms. The van der Waals surface area contributed by atoms with Crippen molar-refractivity contribution in [2.24, 2.45) is 50.2 Å². The molecule has 90 heavy (non-hydrogen) atoms. The zero-order valence-corrected chi connectivity index (χ0v) is 51.5. The van der Waals surface area contributed by atoms with E-state index in [1.54, 1.807) is 0 Å². The average Bonchev–Trinajstić information content (AvgIpc) is 0.675. The summed E-state index contributed by atoms with van der Waals surface area (Å²) in [4.78, 5) is 14.9. The Kier molecular flexibility index (Phi) is 20.9. The predicted octanol–water partition coefficient (Wildman–Crippen LogP) is -6.27. The highest BCUT2D eigenvalue weighted by Crippen LogP contribution is 2.76. The Hall–Kier alpha value is -1.91. The third kappa shape index (κ3) is 11.6. The van der Waals surface area contributed by atoms with E-state index < -0.39 is 244 Å². The standard InChI is InChI=1S/C60H98O30/c1-55(2)13-14-60(54(80)90-51-44(78)41(75)36(70)27(19-63)83-51)24(15-55)23-7-8-31-56(3)11-10-33(57(4,22-66)30(56)9-12-58(31,5)59(23,6)16-32(60)67)86-53-48(89-50-43(77)40(74)35(69)26(18-62)82-50)47(38(72)29(21-65)85-53)88-52-45(79)46(37(71)28(20-64)84-52)87-49-42(76)39(73)34(68)25(17-61)81-49/h7,24-53,61-79H,8-22H2,1-6H3/t24?,25-,26-,27-,28-,29-,30?,31?,32-,33?,34-,35-,36-,37-,38-,39+,40+,41+,42-,43-,44-,45-,46+,47+,48-,49+,50+,51+,52+,53+,56?,57+,58?,59-,60?/m1/s1. The summed E-state index contributed by atoms with van der Waals surface area (Å²) in [5.41, 5.74) is -3.80. The molecule has 0 radical (unpaired) electrons. The third-order valence-electron chi connectivity index (χ3n) is 23.7. The van der Waals surface area contributed by atoms with E-state index in [-0.39, 0.29) is 36.5 Å². The lowest BCUT2D eigenvalue weighted by molar-refractivity contribution is -0.405. The highest BCUT2D eigenvalue weighted by Gasteiger charge is 2.73. The molecule has 35 atom stereocenters. The fourth-order valence-corrected chi connectivity index (χ4v) is 18.1. The van der Waals surface area contributed by atoms with Gasteiger partial charge in [-0.15, -0.1) is 0 Å². The van der Waals surface area contributed by atoms with E-state index in [1.165, 1.54) is 0 Å². The normalized spacial score (nSPS) is 54.5. The topological polar surface area (TPSA) is 494 Å². The number of carbonyl (C=O) groups is 1. The molecule has 5 aliphatic carbocycles. The lowest BCUT2D eigenvalue weighted by Crippen LogP contribution is -2.70.